The molecule has 4 heteroatoms. The molecular weight excluding hydrogens is 356 g/mol. The topological polar surface area (TPSA) is 42.7 Å². The standard InChI is InChI=1S/C25H30N4/c1-17-14-15-26-23-21(17)27-22(29(23)28-25(5,6)16-24(2,3)4)20-13-9-11-18-10-7-8-12-19(18)20/h7-15,28H,16H2,1-6H3. The molecule has 2 aromatic carbocycles. The van der Waals surface area contributed by atoms with Crippen LogP contribution in [0.15, 0.2) is 54.7 Å². The molecule has 0 saturated carbocycles. The summed E-state index contributed by atoms with van der Waals surface area (Å²) in [5, 5.41) is 2.40. The van der Waals surface area contributed by atoms with Crippen molar-refractivity contribution in [3.05, 3.63) is 60.3 Å². The van der Waals surface area contributed by atoms with Crippen LogP contribution < -0.4 is 5.43 Å². The fraction of sp³-hybridized carbons (Fsp3) is 0.360. The van der Waals surface area contributed by atoms with Gasteiger partial charge in [0.15, 0.2) is 11.5 Å². The van der Waals surface area contributed by atoms with Crippen molar-refractivity contribution in [1.29, 1.82) is 0 Å². The molecule has 0 atom stereocenters. The van der Waals surface area contributed by atoms with E-state index < -0.39 is 0 Å². The molecule has 0 aliphatic carbocycles. The smallest absolute Gasteiger partial charge is 0.179 e. The van der Waals surface area contributed by atoms with E-state index in [2.05, 4.69) is 99.1 Å². The Morgan fingerprint density at radius 3 is 2.41 bits per heavy atom. The van der Waals surface area contributed by atoms with Gasteiger partial charge in [-0.05, 0) is 55.0 Å². The summed E-state index contributed by atoms with van der Waals surface area (Å²) in [5.74, 6) is 0.903. The van der Waals surface area contributed by atoms with Crippen LogP contribution in [0, 0.1) is 12.3 Å². The van der Waals surface area contributed by atoms with E-state index in [1.807, 2.05) is 12.3 Å². The maximum Gasteiger partial charge on any atom is 0.179 e. The molecule has 0 saturated heterocycles. The molecule has 29 heavy (non-hydrogen) atoms. The number of nitrogens with zero attached hydrogens (tertiary/aromatic N) is 3. The Morgan fingerprint density at radius 2 is 1.66 bits per heavy atom. The van der Waals surface area contributed by atoms with Crippen LogP contribution in [0.5, 0.6) is 0 Å². The number of hydrogen-bond acceptors (Lipinski definition) is 3. The average Bonchev–Trinajstić information content (AvgIpc) is 2.98. The first-order valence-corrected chi connectivity index (χ1v) is 10.3. The number of pyridine rings is 1. The maximum atomic E-state index is 5.05. The Labute approximate surface area is 173 Å². The molecule has 2 aromatic heterocycles. The minimum absolute atomic E-state index is 0.128. The van der Waals surface area contributed by atoms with Crippen molar-refractivity contribution in [1.82, 2.24) is 14.6 Å². The van der Waals surface area contributed by atoms with Gasteiger partial charge in [0.05, 0.1) is 0 Å². The second-order valence-electron chi connectivity index (χ2n) is 9.83. The summed E-state index contributed by atoms with van der Waals surface area (Å²) < 4.78 is 2.09. The third-order valence-electron chi connectivity index (χ3n) is 5.17. The van der Waals surface area contributed by atoms with Crippen molar-refractivity contribution < 1.29 is 0 Å². The van der Waals surface area contributed by atoms with Gasteiger partial charge in [-0.2, -0.15) is 0 Å². The number of nitrogens with one attached hydrogen (secondary N) is 1. The zero-order chi connectivity index (χ0) is 20.8. The average molecular weight is 387 g/mol. The maximum absolute atomic E-state index is 5.05. The molecule has 2 heterocycles. The van der Waals surface area contributed by atoms with Gasteiger partial charge < -0.3 is 5.43 Å². The Balaban J connectivity index is 1.95. The van der Waals surface area contributed by atoms with E-state index in [0.29, 0.717) is 0 Å². The zero-order valence-corrected chi connectivity index (χ0v) is 18.2. The Hall–Kier alpha value is -2.88. The fourth-order valence-electron chi connectivity index (χ4n) is 4.47. The number of benzene rings is 2. The highest BCUT2D eigenvalue weighted by molar-refractivity contribution is 5.96. The minimum Gasteiger partial charge on any atom is -0.317 e. The van der Waals surface area contributed by atoms with Gasteiger partial charge in [0.25, 0.3) is 0 Å². The lowest BCUT2D eigenvalue weighted by Crippen LogP contribution is -2.41. The minimum atomic E-state index is -0.128. The highest BCUT2D eigenvalue weighted by Gasteiger charge is 2.28. The Bertz CT molecular complexity index is 1170. The normalized spacial score (nSPS) is 12.6. The molecule has 4 aromatic rings. The zero-order valence-electron chi connectivity index (χ0n) is 18.2. The van der Waals surface area contributed by atoms with Crippen molar-refractivity contribution in [3.8, 4) is 11.4 Å². The predicted molar refractivity (Wildman–Crippen MR) is 123 cm³/mol. The first kappa shape index (κ1) is 19.4. The summed E-state index contributed by atoms with van der Waals surface area (Å²) in [4.78, 5) is 9.74. The number of aryl methyl sites for hydroxylation is 1. The van der Waals surface area contributed by atoms with Crippen LogP contribution in [-0.2, 0) is 0 Å². The van der Waals surface area contributed by atoms with E-state index in [1.54, 1.807) is 0 Å². The predicted octanol–water partition coefficient (Wildman–Crippen LogP) is 6.32. The van der Waals surface area contributed by atoms with E-state index in [9.17, 15) is 0 Å². The van der Waals surface area contributed by atoms with E-state index in [1.165, 1.54) is 10.8 Å². The number of imidazole rings is 1. The molecule has 0 fully saturated rings. The van der Waals surface area contributed by atoms with E-state index in [4.69, 9.17) is 4.98 Å². The first-order chi connectivity index (χ1) is 13.6. The number of fused-ring (bicyclic) bond motifs is 2. The van der Waals surface area contributed by atoms with Gasteiger partial charge in [-0.25, -0.2) is 14.6 Å². The molecule has 0 bridgehead atoms. The summed E-state index contributed by atoms with van der Waals surface area (Å²) in [7, 11) is 0. The number of hydrogen-bond donors (Lipinski definition) is 1. The Morgan fingerprint density at radius 1 is 0.931 bits per heavy atom. The van der Waals surface area contributed by atoms with Crippen molar-refractivity contribution in [2.75, 3.05) is 5.43 Å². The second-order valence-corrected chi connectivity index (χ2v) is 9.83. The molecular formula is C25H30N4. The molecule has 1 N–H and O–H groups in total. The summed E-state index contributed by atoms with van der Waals surface area (Å²) in [6.45, 7) is 13.4. The highest BCUT2D eigenvalue weighted by Crippen LogP contribution is 2.33. The number of aromatic nitrogens is 3. The van der Waals surface area contributed by atoms with E-state index >= 15 is 0 Å². The first-order valence-electron chi connectivity index (χ1n) is 10.3. The lowest BCUT2D eigenvalue weighted by molar-refractivity contribution is 0.290. The molecule has 0 amide bonds. The van der Waals surface area contributed by atoms with Gasteiger partial charge in [-0.1, -0.05) is 63.2 Å². The van der Waals surface area contributed by atoms with Gasteiger partial charge >= 0.3 is 0 Å². The Kier molecular flexibility index (Phi) is 4.60. The molecule has 4 nitrogen and oxygen atoms in total. The molecule has 0 spiro atoms. The SMILES string of the molecule is Cc1ccnc2c1nc(-c1cccc3ccccc13)n2NC(C)(C)CC(C)(C)C. The lowest BCUT2D eigenvalue weighted by Gasteiger charge is -2.34. The molecule has 0 aliphatic rings. The van der Waals surface area contributed by atoms with Crippen LogP contribution in [0.4, 0.5) is 0 Å². The second kappa shape index (κ2) is 6.87. The van der Waals surface area contributed by atoms with Crippen LogP contribution in [-0.4, -0.2) is 20.2 Å². The van der Waals surface area contributed by atoms with Crippen molar-refractivity contribution in [2.45, 2.75) is 53.5 Å². The van der Waals surface area contributed by atoms with Crippen LogP contribution in [0.25, 0.3) is 33.3 Å². The molecule has 4 rings (SSSR count). The molecule has 0 aliphatic heterocycles. The van der Waals surface area contributed by atoms with Crippen LogP contribution in [0.2, 0.25) is 0 Å². The van der Waals surface area contributed by atoms with E-state index in [-0.39, 0.29) is 11.0 Å². The largest absolute Gasteiger partial charge is 0.317 e. The summed E-state index contributed by atoms with van der Waals surface area (Å²) in [5.41, 5.74) is 7.87. The lowest BCUT2D eigenvalue weighted by atomic mass is 9.82. The van der Waals surface area contributed by atoms with Crippen LogP contribution in [0.3, 0.4) is 0 Å². The van der Waals surface area contributed by atoms with Gasteiger partial charge in [0.1, 0.15) is 5.52 Å². The van der Waals surface area contributed by atoms with E-state index in [0.717, 1.165) is 34.5 Å². The van der Waals surface area contributed by atoms with Crippen molar-refractivity contribution in [2.24, 2.45) is 5.41 Å². The monoisotopic (exact) mass is 386 g/mol. The quantitative estimate of drug-likeness (QED) is 0.446. The fourth-order valence-corrected chi connectivity index (χ4v) is 4.47. The van der Waals surface area contributed by atoms with Crippen molar-refractivity contribution >= 4 is 21.9 Å². The van der Waals surface area contributed by atoms with Gasteiger partial charge in [0.2, 0.25) is 0 Å². The molecule has 150 valence electrons. The van der Waals surface area contributed by atoms with Gasteiger partial charge in [-0.15, -0.1) is 0 Å². The van der Waals surface area contributed by atoms with Crippen LogP contribution in [0.1, 0.15) is 46.6 Å². The van der Waals surface area contributed by atoms with Gasteiger partial charge in [-0.3, -0.25) is 0 Å². The van der Waals surface area contributed by atoms with Gasteiger partial charge in [0, 0.05) is 17.3 Å². The summed E-state index contributed by atoms with van der Waals surface area (Å²) >= 11 is 0. The molecule has 0 unspecified atom stereocenters. The van der Waals surface area contributed by atoms with Crippen LogP contribution >= 0.6 is 0 Å². The highest BCUT2D eigenvalue weighted by atomic mass is 15.5. The number of rotatable bonds is 4. The third kappa shape index (κ3) is 3.84. The third-order valence-corrected chi connectivity index (χ3v) is 5.17. The summed E-state index contributed by atoms with van der Waals surface area (Å²) in [6.07, 6.45) is 2.88. The molecule has 0 radical (unpaired) electrons. The summed E-state index contributed by atoms with van der Waals surface area (Å²) in [6, 6.07) is 16.9. The van der Waals surface area contributed by atoms with Crippen molar-refractivity contribution in [3.63, 3.8) is 0 Å².